The van der Waals surface area contributed by atoms with Crippen LogP contribution in [0.2, 0.25) is 0 Å². The van der Waals surface area contributed by atoms with Gasteiger partial charge in [0.2, 0.25) is 5.91 Å². The summed E-state index contributed by atoms with van der Waals surface area (Å²) in [6, 6.07) is 0.179. The van der Waals surface area contributed by atoms with E-state index >= 15 is 0 Å². The standard InChI is InChI=1S/C16H30N2O3/c1-10-7-18(8-12(9-19)21-10)15(20)13-5-6-14(17)11(2)16(13,3)4/h10-14,19H,5-9,17H2,1-4H3. The molecule has 5 heteroatoms. The van der Waals surface area contributed by atoms with Gasteiger partial charge in [0.05, 0.1) is 18.8 Å². The van der Waals surface area contributed by atoms with Crippen molar-refractivity contribution < 1.29 is 14.6 Å². The smallest absolute Gasteiger partial charge is 0.226 e. The molecule has 1 aliphatic carbocycles. The maximum Gasteiger partial charge on any atom is 0.226 e. The van der Waals surface area contributed by atoms with Gasteiger partial charge in [-0.25, -0.2) is 0 Å². The van der Waals surface area contributed by atoms with E-state index in [-0.39, 0.29) is 42.1 Å². The normalized spacial score (nSPS) is 40.1. The van der Waals surface area contributed by atoms with Crippen LogP contribution in [0.25, 0.3) is 0 Å². The Kier molecular flexibility index (Phi) is 4.96. The maximum atomic E-state index is 13.0. The summed E-state index contributed by atoms with van der Waals surface area (Å²) < 4.78 is 5.63. The second kappa shape index (κ2) is 6.23. The van der Waals surface area contributed by atoms with Gasteiger partial charge < -0.3 is 20.5 Å². The minimum absolute atomic E-state index is 0.0111. The van der Waals surface area contributed by atoms with Crippen LogP contribution in [0, 0.1) is 17.3 Å². The summed E-state index contributed by atoms with van der Waals surface area (Å²) in [7, 11) is 0. The van der Waals surface area contributed by atoms with Crippen LogP contribution in [0.15, 0.2) is 0 Å². The van der Waals surface area contributed by atoms with Crippen LogP contribution in [0.4, 0.5) is 0 Å². The summed E-state index contributed by atoms with van der Waals surface area (Å²) in [5.74, 6) is 0.539. The lowest BCUT2D eigenvalue weighted by Crippen LogP contribution is -2.56. The first kappa shape index (κ1) is 16.7. The number of morpholine rings is 1. The Bertz CT molecular complexity index is 386. The number of aliphatic hydroxyl groups excluding tert-OH is 1. The molecule has 0 bridgehead atoms. The van der Waals surface area contributed by atoms with Crippen LogP contribution in [-0.4, -0.2) is 53.9 Å². The number of hydrogen-bond acceptors (Lipinski definition) is 4. The molecule has 122 valence electrons. The Labute approximate surface area is 127 Å². The third-order valence-electron chi connectivity index (χ3n) is 5.64. The number of nitrogens with two attached hydrogens (primary N) is 1. The van der Waals surface area contributed by atoms with E-state index in [1.165, 1.54) is 0 Å². The minimum Gasteiger partial charge on any atom is -0.394 e. The van der Waals surface area contributed by atoms with E-state index in [2.05, 4.69) is 20.8 Å². The van der Waals surface area contributed by atoms with Gasteiger partial charge in [-0.2, -0.15) is 0 Å². The van der Waals surface area contributed by atoms with Crippen LogP contribution in [-0.2, 0) is 9.53 Å². The highest BCUT2D eigenvalue weighted by Gasteiger charge is 2.47. The van der Waals surface area contributed by atoms with E-state index in [1.54, 1.807) is 0 Å². The zero-order valence-corrected chi connectivity index (χ0v) is 13.7. The number of amides is 1. The molecule has 2 aliphatic rings. The first-order chi connectivity index (χ1) is 9.77. The Balaban J connectivity index is 2.11. The highest BCUT2D eigenvalue weighted by atomic mass is 16.5. The van der Waals surface area contributed by atoms with Gasteiger partial charge in [0.15, 0.2) is 0 Å². The SMILES string of the molecule is CC1CN(C(=O)C2CCC(N)C(C)C2(C)C)CC(CO)O1. The Hall–Kier alpha value is -0.650. The predicted molar refractivity (Wildman–Crippen MR) is 81.6 cm³/mol. The van der Waals surface area contributed by atoms with E-state index in [9.17, 15) is 9.90 Å². The molecule has 1 aliphatic heterocycles. The van der Waals surface area contributed by atoms with E-state index in [0.717, 1.165) is 12.8 Å². The zero-order valence-electron chi connectivity index (χ0n) is 13.7. The molecule has 0 radical (unpaired) electrons. The molecule has 0 aromatic carbocycles. The average molecular weight is 298 g/mol. The number of rotatable bonds is 2. The van der Waals surface area contributed by atoms with E-state index in [0.29, 0.717) is 19.0 Å². The molecule has 0 aromatic heterocycles. The van der Waals surface area contributed by atoms with Crippen molar-refractivity contribution >= 4 is 5.91 Å². The van der Waals surface area contributed by atoms with Crippen molar-refractivity contribution in [2.75, 3.05) is 19.7 Å². The van der Waals surface area contributed by atoms with Gasteiger partial charge in [-0.3, -0.25) is 4.79 Å². The summed E-state index contributed by atoms with van der Waals surface area (Å²) in [5.41, 5.74) is 6.09. The first-order valence-electron chi connectivity index (χ1n) is 8.08. The fraction of sp³-hybridized carbons (Fsp3) is 0.938. The number of nitrogens with zero attached hydrogens (tertiary/aromatic N) is 1. The largest absolute Gasteiger partial charge is 0.394 e. The molecule has 3 N–H and O–H groups in total. The van der Waals surface area contributed by atoms with E-state index in [1.807, 2.05) is 11.8 Å². The van der Waals surface area contributed by atoms with Gasteiger partial charge >= 0.3 is 0 Å². The molecule has 5 atom stereocenters. The molecule has 5 unspecified atom stereocenters. The number of carbonyl (C=O) groups is 1. The van der Waals surface area contributed by atoms with Gasteiger partial charge in [0.25, 0.3) is 0 Å². The highest BCUT2D eigenvalue weighted by molar-refractivity contribution is 5.80. The van der Waals surface area contributed by atoms with E-state index in [4.69, 9.17) is 10.5 Å². The third kappa shape index (κ3) is 3.25. The highest BCUT2D eigenvalue weighted by Crippen LogP contribution is 2.45. The molecule has 0 aromatic rings. The molecular formula is C16H30N2O3. The van der Waals surface area contributed by atoms with Crippen LogP contribution < -0.4 is 5.73 Å². The molecule has 5 nitrogen and oxygen atoms in total. The molecule has 1 heterocycles. The number of carbonyl (C=O) groups excluding carboxylic acids is 1. The van der Waals surface area contributed by atoms with Gasteiger partial charge in [0.1, 0.15) is 0 Å². The summed E-state index contributed by atoms with van der Waals surface area (Å²) in [4.78, 5) is 14.9. The lowest BCUT2D eigenvalue weighted by atomic mass is 9.60. The Morgan fingerprint density at radius 3 is 2.62 bits per heavy atom. The third-order valence-corrected chi connectivity index (χ3v) is 5.64. The molecule has 1 saturated heterocycles. The predicted octanol–water partition coefficient (Wildman–Crippen LogP) is 0.994. The van der Waals surface area contributed by atoms with Crippen LogP contribution >= 0.6 is 0 Å². The van der Waals surface area contributed by atoms with Gasteiger partial charge in [-0.1, -0.05) is 20.8 Å². The van der Waals surface area contributed by atoms with Crippen LogP contribution in [0.5, 0.6) is 0 Å². The average Bonchev–Trinajstić information content (AvgIpc) is 2.43. The number of ether oxygens (including phenoxy) is 1. The summed E-state index contributed by atoms with van der Waals surface area (Å²) in [6.45, 7) is 9.49. The van der Waals surface area contributed by atoms with Gasteiger partial charge in [-0.15, -0.1) is 0 Å². The molecular weight excluding hydrogens is 268 g/mol. The monoisotopic (exact) mass is 298 g/mol. The second-order valence-electron chi connectivity index (χ2n) is 7.40. The fourth-order valence-electron chi connectivity index (χ4n) is 3.84. The number of hydrogen-bond donors (Lipinski definition) is 2. The first-order valence-corrected chi connectivity index (χ1v) is 8.08. The topological polar surface area (TPSA) is 75.8 Å². The summed E-state index contributed by atoms with van der Waals surface area (Å²) in [5, 5.41) is 9.32. The molecule has 0 spiro atoms. The Morgan fingerprint density at radius 1 is 1.33 bits per heavy atom. The molecule has 2 fully saturated rings. The van der Waals surface area contributed by atoms with E-state index < -0.39 is 0 Å². The molecule has 2 rings (SSSR count). The Morgan fingerprint density at radius 2 is 2.00 bits per heavy atom. The van der Waals surface area contributed by atoms with Crippen LogP contribution in [0.1, 0.15) is 40.5 Å². The number of aliphatic hydroxyl groups is 1. The molecule has 1 amide bonds. The van der Waals surface area contributed by atoms with Crippen molar-refractivity contribution in [2.24, 2.45) is 23.0 Å². The minimum atomic E-state index is -0.260. The van der Waals surface area contributed by atoms with Crippen molar-refractivity contribution in [3.8, 4) is 0 Å². The van der Waals surface area contributed by atoms with Crippen LogP contribution in [0.3, 0.4) is 0 Å². The lowest BCUT2D eigenvalue weighted by molar-refractivity contribution is -0.158. The van der Waals surface area contributed by atoms with Gasteiger partial charge in [-0.05, 0) is 31.1 Å². The zero-order chi connectivity index (χ0) is 15.8. The fourth-order valence-corrected chi connectivity index (χ4v) is 3.84. The van der Waals surface area contributed by atoms with Crippen molar-refractivity contribution in [3.63, 3.8) is 0 Å². The van der Waals surface area contributed by atoms with Gasteiger partial charge in [0, 0.05) is 25.0 Å². The molecule has 21 heavy (non-hydrogen) atoms. The van der Waals surface area contributed by atoms with Crippen molar-refractivity contribution in [2.45, 2.75) is 58.8 Å². The lowest BCUT2D eigenvalue weighted by Gasteiger charge is -2.48. The molecule has 1 saturated carbocycles. The van der Waals surface area contributed by atoms with Crippen molar-refractivity contribution in [1.82, 2.24) is 4.90 Å². The second-order valence-corrected chi connectivity index (χ2v) is 7.40. The quantitative estimate of drug-likeness (QED) is 0.797. The summed E-state index contributed by atoms with van der Waals surface area (Å²) >= 11 is 0. The maximum absolute atomic E-state index is 13.0. The van der Waals surface area contributed by atoms with Crippen molar-refractivity contribution in [3.05, 3.63) is 0 Å². The summed E-state index contributed by atoms with van der Waals surface area (Å²) in [6.07, 6.45) is 1.48. The van der Waals surface area contributed by atoms with Crippen molar-refractivity contribution in [1.29, 1.82) is 0 Å².